The van der Waals surface area contributed by atoms with Gasteiger partial charge in [-0.1, -0.05) is 40.7 Å². The van der Waals surface area contributed by atoms with E-state index in [-0.39, 0.29) is 10.3 Å². The molecule has 1 aromatic carbocycles. The molecular formula is C19H28N2O3S2. The quantitative estimate of drug-likeness (QED) is 0.765. The molecule has 7 heteroatoms. The molecule has 5 nitrogen and oxygen atoms in total. The van der Waals surface area contributed by atoms with Crippen molar-refractivity contribution in [1.82, 2.24) is 9.71 Å². The lowest BCUT2D eigenvalue weighted by Gasteiger charge is -2.21. The molecule has 0 radical (unpaired) electrons. The van der Waals surface area contributed by atoms with Gasteiger partial charge in [0, 0.05) is 18.3 Å². The van der Waals surface area contributed by atoms with Crippen LogP contribution in [-0.2, 0) is 21.9 Å². The van der Waals surface area contributed by atoms with Crippen LogP contribution in [0.4, 0.5) is 0 Å². The Morgan fingerprint density at radius 3 is 2.50 bits per heavy atom. The average Bonchev–Trinajstić information content (AvgIpc) is 3.02. The third-order valence-electron chi connectivity index (χ3n) is 4.11. The zero-order valence-corrected chi connectivity index (χ0v) is 17.9. The number of aromatic nitrogens is 1. The molecule has 0 amide bonds. The van der Waals surface area contributed by atoms with Crippen molar-refractivity contribution in [2.24, 2.45) is 0 Å². The SMILES string of the molecule is COc1ccc(C(C)(C)C)cc1S(=O)(=O)NCCc1nc(C(C)C)cs1. The fourth-order valence-corrected chi connectivity index (χ4v) is 4.61. The Labute approximate surface area is 160 Å². The number of ether oxygens (including phenoxy) is 1. The highest BCUT2D eigenvalue weighted by atomic mass is 32.2. The monoisotopic (exact) mass is 396 g/mol. The molecule has 2 aromatic rings. The fourth-order valence-electron chi connectivity index (χ4n) is 2.43. The molecule has 0 fully saturated rings. The van der Waals surface area contributed by atoms with Gasteiger partial charge < -0.3 is 4.74 Å². The largest absolute Gasteiger partial charge is 0.495 e. The van der Waals surface area contributed by atoms with Gasteiger partial charge in [0.2, 0.25) is 10.0 Å². The predicted octanol–water partition coefficient (Wildman–Crippen LogP) is 4.09. The van der Waals surface area contributed by atoms with E-state index in [1.807, 2.05) is 32.2 Å². The maximum atomic E-state index is 12.8. The van der Waals surface area contributed by atoms with E-state index in [0.29, 0.717) is 24.6 Å². The zero-order valence-electron chi connectivity index (χ0n) is 16.3. The summed E-state index contributed by atoms with van der Waals surface area (Å²) in [5.74, 6) is 0.725. The van der Waals surface area contributed by atoms with Crippen LogP contribution in [0, 0.1) is 0 Å². The standard InChI is InChI=1S/C19H28N2O3S2/c1-13(2)15-12-25-18(21-15)9-10-20-26(22,23)17-11-14(19(3,4)5)7-8-16(17)24-6/h7-8,11-13,20H,9-10H2,1-6H3. The van der Waals surface area contributed by atoms with Crippen LogP contribution < -0.4 is 9.46 Å². The van der Waals surface area contributed by atoms with E-state index in [1.54, 1.807) is 23.5 Å². The third kappa shape index (κ3) is 5.05. The Morgan fingerprint density at radius 1 is 1.27 bits per heavy atom. The van der Waals surface area contributed by atoms with Gasteiger partial charge in [-0.15, -0.1) is 11.3 Å². The van der Waals surface area contributed by atoms with E-state index < -0.39 is 10.0 Å². The third-order valence-corrected chi connectivity index (χ3v) is 6.52. The summed E-state index contributed by atoms with van der Waals surface area (Å²) in [4.78, 5) is 4.72. The van der Waals surface area contributed by atoms with Crippen molar-refractivity contribution in [2.75, 3.05) is 13.7 Å². The first-order valence-electron chi connectivity index (χ1n) is 8.67. The van der Waals surface area contributed by atoms with Crippen LogP contribution in [0.15, 0.2) is 28.5 Å². The van der Waals surface area contributed by atoms with Crippen molar-refractivity contribution < 1.29 is 13.2 Å². The zero-order chi connectivity index (χ0) is 19.5. The smallest absolute Gasteiger partial charge is 0.244 e. The van der Waals surface area contributed by atoms with Crippen molar-refractivity contribution in [1.29, 1.82) is 0 Å². The van der Waals surface area contributed by atoms with E-state index in [2.05, 4.69) is 23.6 Å². The van der Waals surface area contributed by atoms with E-state index >= 15 is 0 Å². The summed E-state index contributed by atoms with van der Waals surface area (Å²) in [7, 11) is -2.18. The van der Waals surface area contributed by atoms with Crippen molar-refractivity contribution in [3.63, 3.8) is 0 Å². The molecule has 0 saturated carbocycles. The van der Waals surface area contributed by atoms with Crippen LogP contribution >= 0.6 is 11.3 Å². The number of hydrogen-bond donors (Lipinski definition) is 1. The van der Waals surface area contributed by atoms with Crippen LogP contribution in [0.25, 0.3) is 0 Å². The van der Waals surface area contributed by atoms with Gasteiger partial charge in [-0.05, 0) is 29.0 Å². The molecular weight excluding hydrogens is 368 g/mol. The molecule has 0 saturated heterocycles. The molecule has 0 atom stereocenters. The van der Waals surface area contributed by atoms with Gasteiger partial charge in [-0.3, -0.25) is 0 Å². The molecule has 0 aliphatic heterocycles. The lowest BCUT2D eigenvalue weighted by Crippen LogP contribution is -2.27. The molecule has 144 valence electrons. The minimum absolute atomic E-state index is 0.148. The molecule has 1 heterocycles. The minimum Gasteiger partial charge on any atom is -0.495 e. The number of hydrogen-bond acceptors (Lipinski definition) is 5. The molecule has 0 aliphatic carbocycles. The van der Waals surface area contributed by atoms with Gasteiger partial charge in [-0.2, -0.15) is 0 Å². The Bertz CT molecular complexity index is 850. The van der Waals surface area contributed by atoms with E-state index in [0.717, 1.165) is 16.3 Å². The van der Waals surface area contributed by atoms with Crippen molar-refractivity contribution >= 4 is 21.4 Å². The number of nitrogens with one attached hydrogen (secondary N) is 1. The van der Waals surface area contributed by atoms with Crippen molar-refractivity contribution in [3.8, 4) is 5.75 Å². The van der Waals surface area contributed by atoms with Gasteiger partial charge in [0.15, 0.2) is 0 Å². The number of methoxy groups -OCH3 is 1. The van der Waals surface area contributed by atoms with E-state index in [9.17, 15) is 8.42 Å². The molecule has 1 aromatic heterocycles. The van der Waals surface area contributed by atoms with Gasteiger partial charge >= 0.3 is 0 Å². The minimum atomic E-state index is -3.66. The van der Waals surface area contributed by atoms with Crippen LogP contribution in [0.5, 0.6) is 5.75 Å². The Morgan fingerprint density at radius 2 is 1.96 bits per heavy atom. The predicted molar refractivity (Wildman–Crippen MR) is 107 cm³/mol. The lowest BCUT2D eigenvalue weighted by molar-refractivity contribution is 0.401. The summed E-state index contributed by atoms with van der Waals surface area (Å²) in [5.41, 5.74) is 1.84. The highest BCUT2D eigenvalue weighted by molar-refractivity contribution is 7.89. The molecule has 2 rings (SSSR count). The molecule has 0 bridgehead atoms. The topological polar surface area (TPSA) is 68.3 Å². The van der Waals surface area contributed by atoms with E-state index in [4.69, 9.17) is 4.74 Å². The summed E-state index contributed by atoms with van der Waals surface area (Å²) >= 11 is 1.57. The van der Waals surface area contributed by atoms with Gasteiger partial charge in [0.25, 0.3) is 0 Å². The van der Waals surface area contributed by atoms with Crippen molar-refractivity contribution in [3.05, 3.63) is 39.8 Å². The van der Waals surface area contributed by atoms with Crippen LogP contribution in [0.2, 0.25) is 0 Å². The maximum absolute atomic E-state index is 12.8. The number of nitrogens with zero attached hydrogens (tertiary/aromatic N) is 1. The molecule has 0 aliphatic rings. The van der Waals surface area contributed by atoms with E-state index in [1.165, 1.54) is 7.11 Å². The first kappa shape index (κ1) is 20.9. The van der Waals surface area contributed by atoms with Crippen molar-refractivity contribution in [2.45, 2.75) is 57.3 Å². The van der Waals surface area contributed by atoms with Crippen LogP contribution in [-0.4, -0.2) is 27.1 Å². The molecule has 1 N–H and O–H groups in total. The fraction of sp³-hybridized carbons (Fsp3) is 0.526. The summed E-state index contributed by atoms with van der Waals surface area (Å²) < 4.78 is 33.5. The summed E-state index contributed by atoms with van der Waals surface area (Å²) in [6.45, 7) is 10.6. The first-order valence-corrected chi connectivity index (χ1v) is 11.0. The Hall–Kier alpha value is -1.44. The second kappa shape index (κ2) is 8.06. The van der Waals surface area contributed by atoms with Crippen LogP contribution in [0.3, 0.4) is 0 Å². The Kier molecular flexibility index (Phi) is 6.47. The lowest BCUT2D eigenvalue weighted by atomic mass is 9.87. The van der Waals surface area contributed by atoms with Gasteiger partial charge in [-0.25, -0.2) is 18.1 Å². The highest BCUT2D eigenvalue weighted by Gasteiger charge is 2.23. The Balaban J connectivity index is 2.15. The number of rotatable bonds is 7. The molecule has 26 heavy (non-hydrogen) atoms. The molecule has 0 unspecified atom stereocenters. The maximum Gasteiger partial charge on any atom is 0.244 e. The second-order valence-electron chi connectivity index (χ2n) is 7.58. The normalized spacial score (nSPS) is 12.6. The number of benzene rings is 1. The van der Waals surface area contributed by atoms with Gasteiger partial charge in [0.1, 0.15) is 10.6 Å². The van der Waals surface area contributed by atoms with Crippen LogP contribution in [0.1, 0.15) is 56.8 Å². The first-order chi connectivity index (χ1) is 12.0. The number of thiazole rings is 1. The summed E-state index contributed by atoms with van der Waals surface area (Å²) in [5, 5.41) is 2.97. The summed E-state index contributed by atoms with van der Waals surface area (Å²) in [6.07, 6.45) is 0.567. The second-order valence-corrected chi connectivity index (χ2v) is 10.3. The summed E-state index contributed by atoms with van der Waals surface area (Å²) in [6, 6.07) is 5.31. The van der Waals surface area contributed by atoms with Gasteiger partial charge in [0.05, 0.1) is 17.8 Å². The average molecular weight is 397 g/mol. The molecule has 0 spiro atoms. The highest BCUT2D eigenvalue weighted by Crippen LogP contribution is 2.30. The number of sulfonamides is 1.